The van der Waals surface area contributed by atoms with E-state index in [4.69, 9.17) is 16.3 Å². The largest absolute Gasteiger partial charge is 0.490 e. The van der Waals surface area contributed by atoms with Crippen LogP contribution >= 0.6 is 11.6 Å². The average molecular weight is 601 g/mol. The number of hydrogen-bond acceptors (Lipinski definition) is 7. The van der Waals surface area contributed by atoms with Gasteiger partial charge in [-0.2, -0.15) is 0 Å². The Kier molecular flexibility index (Phi) is 7.82. The number of aryl methyl sites for hydroxylation is 1. The van der Waals surface area contributed by atoms with Gasteiger partial charge in [-0.3, -0.25) is 4.79 Å². The molecule has 0 saturated heterocycles. The zero-order valence-electron chi connectivity index (χ0n) is 23.0. The second kappa shape index (κ2) is 11.2. The van der Waals surface area contributed by atoms with Crippen LogP contribution in [0.2, 0.25) is 5.02 Å². The maximum Gasteiger partial charge on any atom is 0.264 e. The summed E-state index contributed by atoms with van der Waals surface area (Å²) in [6.07, 6.45) is 7.93. The van der Waals surface area contributed by atoms with E-state index in [1.54, 1.807) is 30.4 Å². The van der Waals surface area contributed by atoms with Gasteiger partial charge in [-0.05, 0) is 91.8 Å². The van der Waals surface area contributed by atoms with Crippen LogP contribution < -0.4 is 14.4 Å². The van der Waals surface area contributed by atoms with Crippen molar-refractivity contribution in [2.75, 3.05) is 37.0 Å². The summed E-state index contributed by atoms with van der Waals surface area (Å²) < 4.78 is 34.4. The first-order chi connectivity index (χ1) is 19.7. The molecule has 220 valence electrons. The van der Waals surface area contributed by atoms with E-state index < -0.39 is 33.7 Å². The van der Waals surface area contributed by atoms with Gasteiger partial charge in [-0.15, -0.1) is 0 Å². The fourth-order valence-corrected chi connectivity index (χ4v) is 8.65. The topological polar surface area (TPSA) is 116 Å². The number of amides is 1. The molecule has 0 unspecified atom stereocenters. The summed E-state index contributed by atoms with van der Waals surface area (Å²) in [5, 5.41) is 21.5. The van der Waals surface area contributed by atoms with Crippen molar-refractivity contribution < 1.29 is 28.2 Å². The predicted octanol–water partition coefficient (Wildman–Crippen LogP) is 3.83. The average Bonchev–Trinajstić information content (AvgIpc) is 3.06. The minimum Gasteiger partial charge on any atom is -0.490 e. The van der Waals surface area contributed by atoms with Gasteiger partial charge < -0.3 is 19.8 Å². The van der Waals surface area contributed by atoms with E-state index in [1.807, 2.05) is 6.07 Å². The van der Waals surface area contributed by atoms with Crippen molar-refractivity contribution in [2.24, 2.45) is 17.8 Å². The third-order valence-electron chi connectivity index (χ3n) is 9.43. The molecule has 2 aromatic carbocycles. The Labute approximate surface area is 246 Å². The van der Waals surface area contributed by atoms with Crippen LogP contribution in [0.5, 0.6) is 5.75 Å². The molecule has 2 aliphatic carbocycles. The lowest BCUT2D eigenvalue weighted by atomic mass is 9.68. The summed E-state index contributed by atoms with van der Waals surface area (Å²) in [6, 6.07) is 11.2. The molecule has 2 bridgehead atoms. The highest BCUT2D eigenvalue weighted by Gasteiger charge is 2.44. The molecule has 0 aromatic heterocycles. The molecule has 41 heavy (non-hydrogen) atoms. The minimum absolute atomic E-state index is 0.0722. The molecule has 1 fully saturated rings. The molecule has 6 rings (SSSR count). The smallest absolute Gasteiger partial charge is 0.264 e. The Balaban J connectivity index is 1.41. The molecule has 1 amide bonds. The number of anilines is 1. The Morgan fingerprint density at radius 2 is 2.02 bits per heavy atom. The molecule has 1 saturated carbocycles. The minimum atomic E-state index is -4.00. The summed E-state index contributed by atoms with van der Waals surface area (Å²) in [7, 11) is -4.00. The zero-order chi connectivity index (χ0) is 28.8. The molecule has 1 spiro atoms. The van der Waals surface area contributed by atoms with Crippen molar-refractivity contribution in [3.05, 3.63) is 70.3 Å². The van der Waals surface area contributed by atoms with Gasteiger partial charge >= 0.3 is 0 Å². The van der Waals surface area contributed by atoms with Crippen LogP contribution in [0.15, 0.2) is 48.6 Å². The van der Waals surface area contributed by atoms with Crippen molar-refractivity contribution in [3.63, 3.8) is 0 Å². The summed E-state index contributed by atoms with van der Waals surface area (Å²) >= 11 is 6.36. The lowest BCUT2D eigenvalue weighted by Crippen LogP contribution is -2.49. The van der Waals surface area contributed by atoms with Crippen LogP contribution in [0.1, 0.15) is 53.6 Å². The molecule has 8 nitrogen and oxygen atoms in total. The normalized spacial score (nSPS) is 32.0. The molecule has 5 atom stereocenters. The maximum atomic E-state index is 13.2. The van der Waals surface area contributed by atoms with E-state index in [1.165, 1.54) is 11.1 Å². The summed E-state index contributed by atoms with van der Waals surface area (Å²) in [5.74, 6) is -0.725. The maximum absolute atomic E-state index is 13.2. The van der Waals surface area contributed by atoms with E-state index in [0.717, 1.165) is 42.8 Å². The molecule has 2 aromatic rings. The number of allylic oxidation sites excluding steroid dienone is 1. The fourth-order valence-electron chi connectivity index (χ4n) is 7.11. The number of benzene rings is 2. The van der Waals surface area contributed by atoms with Crippen LogP contribution in [0.25, 0.3) is 0 Å². The number of hydrogen-bond donors (Lipinski definition) is 3. The quantitative estimate of drug-likeness (QED) is 0.426. The SMILES string of the molecule is O=C1NS(=O)(=O)C[C@@H](CO)C/C=C\[C@H](O)[C@@H]2CC[C@H]2CN2C[C@@]3(CCCc4cc(Cl)ccc43)COc3ccc1cc32. The van der Waals surface area contributed by atoms with Crippen LogP contribution in [0, 0.1) is 17.8 Å². The van der Waals surface area contributed by atoms with Crippen molar-refractivity contribution in [1.82, 2.24) is 4.72 Å². The molecule has 2 aliphatic heterocycles. The highest BCUT2D eigenvalue weighted by Crippen LogP contribution is 2.46. The number of carbonyl (C=O) groups excluding carboxylic acids is 1. The number of ether oxygens (including phenoxy) is 1. The standard InChI is InChI=1S/C31H37ClN2O6S/c32-24-8-10-26-21(13-24)4-2-12-31(26)18-34-15-23-6-9-25(23)28(36)5-1-3-20(16-35)17-41(38,39)33-30(37)22-7-11-29(40-19-31)27(34)14-22/h1,5,7-8,10-11,13-14,20,23,25,28,35-36H,2-4,6,9,12,15-19H2,(H,33,37)/b5-1-/t20-,23+,25-,28+,31+/m1/s1. The first-order valence-corrected chi connectivity index (χ1v) is 16.5. The van der Waals surface area contributed by atoms with Crippen LogP contribution in [0.4, 0.5) is 5.69 Å². The van der Waals surface area contributed by atoms with Crippen molar-refractivity contribution >= 4 is 33.2 Å². The number of carbonyl (C=O) groups is 1. The van der Waals surface area contributed by atoms with E-state index in [-0.39, 0.29) is 35.8 Å². The molecule has 2 heterocycles. The third kappa shape index (κ3) is 5.74. The monoisotopic (exact) mass is 600 g/mol. The number of sulfonamides is 1. The fraction of sp³-hybridized carbons (Fsp3) is 0.516. The number of aliphatic hydroxyl groups excluding tert-OH is 2. The van der Waals surface area contributed by atoms with Crippen LogP contribution in [-0.2, 0) is 21.9 Å². The van der Waals surface area contributed by atoms with Gasteiger partial charge in [0.15, 0.2) is 0 Å². The molecule has 0 radical (unpaired) electrons. The Hall–Kier alpha value is -2.59. The first kappa shape index (κ1) is 28.5. The molecule has 4 aliphatic rings. The molecular weight excluding hydrogens is 564 g/mol. The number of nitrogens with one attached hydrogen (secondary N) is 1. The van der Waals surface area contributed by atoms with E-state index in [2.05, 4.69) is 21.8 Å². The number of halogens is 1. The van der Waals surface area contributed by atoms with Crippen molar-refractivity contribution in [3.8, 4) is 5.75 Å². The van der Waals surface area contributed by atoms with Gasteiger partial charge in [0.05, 0.1) is 24.2 Å². The number of fused-ring (bicyclic) bond motifs is 4. The number of rotatable bonds is 1. The Morgan fingerprint density at radius 1 is 1.17 bits per heavy atom. The van der Waals surface area contributed by atoms with Gasteiger partial charge in [0.25, 0.3) is 5.91 Å². The summed E-state index contributed by atoms with van der Waals surface area (Å²) in [5.41, 5.74) is 3.18. The van der Waals surface area contributed by atoms with E-state index in [0.29, 0.717) is 25.4 Å². The van der Waals surface area contributed by atoms with Gasteiger partial charge in [-0.25, -0.2) is 13.1 Å². The number of aliphatic hydroxyl groups is 2. The van der Waals surface area contributed by atoms with Crippen LogP contribution in [-0.4, -0.2) is 62.7 Å². The third-order valence-corrected chi connectivity index (χ3v) is 11.1. The number of nitrogens with zero attached hydrogens (tertiary/aromatic N) is 1. The predicted molar refractivity (Wildman–Crippen MR) is 158 cm³/mol. The van der Waals surface area contributed by atoms with Gasteiger partial charge in [0.1, 0.15) is 5.75 Å². The van der Waals surface area contributed by atoms with Gasteiger partial charge in [0.2, 0.25) is 10.0 Å². The first-order valence-electron chi connectivity index (χ1n) is 14.5. The second-order valence-electron chi connectivity index (χ2n) is 12.2. The van der Waals surface area contributed by atoms with E-state index >= 15 is 0 Å². The van der Waals surface area contributed by atoms with Crippen LogP contribution in [0.3, 0.4) is 0 Å². The highest BCUT2D eigenvalue weighted by atomic mass is 35.5. The summed E-state index contributed by atoms with van der Waals surface area (Å²) in [4.78, 5) is 15.5. The van der Waals surface area contributed by atoms with Gasteiger partial charge in [0, 0.05) is 41.6 Å². The van der Waals surface area contributed by atoms with E-state index in [9.17, 15) is 23.4 Å². The molecule has 10 heteroatoms. The highest BCUT2D eigenvalue weighted by molar-refractivity contribution is 7.90. The summed E-state index contributed by atoms with van der Waals surface area (Å²) in [6.45, 7) is 1.49. The van der Waals surface area contributed by atoms with Crippen molar-refractivity contribution in [1.29, 1.82) is 0 Å². The molecule has 3 N–H and O–H groups in total. The molecular formula is C31H37ClN2O6S. The second-order valence-corrected chi connectivity index (χ2v) is 14.4. The lowest BCUT2D eigenvalue weighted by Gasteiger charge is -2.45. The van der Waals surface area contributed by atoms with Gasteiger partial charge in [-0.1, -0.05) is 29.8 Å². The Bertz CT molecular complexity index is 1460. The Morgan fingerprint density at radius 3 is 2.80 bits per heavy atom. The lowest BCUT2D eigenvalue weighted by molar-refractivity contribution is 0.0455. The van der Waals surface area contributed by atoms with Crippen molar-refractivity contribution in [2.45, 2.75) is 50.0 Å². The zero-order valence-corrected chi connectivity index (χ0v) is 24.5.